The number of hydrogen-bond donors (Lipinski definition) is 0. The molecular formula is C12H11Cl2NO. The number of methoxy groups -OCH3 is 1. The maximum Gasteiger partial charge on any atom is 0.139 e. The summed E-state index contributed by atoms with van der Waals surface area (Å²) in [5.74, 6) is 0.617. The lowest BCUT2D eigenvalue weighted by atomic mass is 10.1. The lowest BCUT2D eigenvalue weighted by molar-refractivity contribution is 0.415. The summed E-state index contributed by atoms with van der Waals surface area (Å²) in [7, 11) is 1.58. The van der Waals surface area contributed by atoms with E-state index in [4.69, 9.17) is 27.9 Å². The number of fused-ring (bicyclic) bond motifs is 1. The predicted molar refractivity (Wildman–Crippen MR) is 67.7 cm³/mol. The molecule has 16 heavy (non-hydrogen) atoms. The molecule has 0 amide bonds. The standard InChI is InChI=1S/C12H11Cl2NO/c1-3-7-4-9(13)8-5-10(14)12(16-2)6-11(8)15-7/h4-6H,3H2,1-2H3. The normalized spacial score (nSPS) is 10.8. The van der Waals surface area contributed by atoms with Gasteiger partial charge in [-0.1, -0.05) is 30.1 Å². The van der Waals surface area contributed by atoms with Crippen LogP contribution < -0.4 is 4.74 Å². The first-order chi connectivity index (χ1) is 7.65. The maximum atomic E-state index is 6.17. The number of ether oxygens (including phenoxy) is 1. The van der Waals surface area contributed by atoms with Gasteiger partial charge >= 0.3 is 0 Å². The molecule has 0 bridgehead atoms. The highest BCUT2D eigenvalue weighted by Crippen LogP contribution is 2.32. The van der Waals surface area contributed by atoms with Crippen LogP contribution in [0.2, 0.25) is 10.0 Å². The topological polar surface area (TPSA) is 22.1 Å². The van der Waals surface area contributed by atoms with Crippen LogP contribution in [0, 0.1) is 0 Å². The highest BCUT2D eigenvalue weighted by molar-refractivity contribution is 6.37. The molecule has 0 saturated carbocycles. The Bertz CT molecular complexity index is 540. The summed E-state index contributed by atoms with van der Waals surface area (Å²) in [4.78, 5) is 4.48. The summed E-state index contributed by atoms with van der Waals surface area (Å²) in [6.07, 6.45) is 0.848. The van der Waals surface area contributed by atoms with Crippen LogP contribution in [0.15, 0.2) is 18.2 Å². The molecule has 0 aliphatic rings. The molecule has 0 saturated heterocycles. The number of benzene rings is 1. The summed E-state index contributed by atoms with van der Waals surface area (Å²) >= 11 is 12.2. The predicted octanol–water partition coefficient (Wildman–Crippen LogP) is 4.11. The summed E-state index contributed by atoms with van der Waals surface area (Å²) in [5.41, 5.74) is 1.77. The molecule has 0 spiro atoms. The Morgan fingerprint density at radius 1 is 1.19 bits per heavy atom. The van der Waals surface area contributed by atoms with Crippen molar-refractivity contribution in [3.05, 3.63) is 33.9 Å². The fourth-order valence-corrected chi connectivity index (χ4v) is 2.09. The van der Waals surface area contributed by atoms with Crippen molar-refractivity contribution in [2.75, 3.05) is 7.11 Å². The molecule has 0 atom stereocenters. The largest absolute Gasteiger partial charge is 0.495 e. The van der Waals surface area contributed by atoms with E-state index in [1.54, 1.807) is 13.2 Å². The molecule has 84 valence electrons. The van der Waals surface area contributed by atoms with E-state index in [1.165, 1.54) is 0 Å². The van der Waals surface area contributed by atoms with Crippen LogP contribution >= 0.6 is 23.2 Å². The molecule has 0 N–H and O–H groups in total. The Labute approximate surface area is 104 Å². The van der Waals surface area contributed by atoms with Gasteiger partial charge in [-0.3, -0.25) is 4.98 Å². The molecule has 2 rings (SSSR count). The third-order valence-electron chi connectivity index (χ3n) is 2.45. The molecule has 1 aromatic heterocycles. The van der Waals surface area contributed by atoms with Gasteiger partial charge in [0.05, 0.1) is 22.7 Å². The van der Waals surface area contributed by atoms with Crippen LogP contribution in [-0.2, 0) is 6.42 Å². The van der Waals surface area contributed by atoms with E-state index in [2.05, 4.69) is 4.98 Å². The quantitative estimate of drug-likeness (QED) is 0.806. The van der Waals surface area contributed by atoms with Gasteiger partial charge in [-0.15, -0.1) is 0 Å². The summed E-state index contributed by atoms with van der Waals surface area (Å²) in [5, 5.41) is 2.07. The van der Waals surface area contributed by atoms with E-state index < -0.39 is 0 Å². The van der Waals surface area contributed by atoms with E-state index in [0.717, 1.165) is 23.0 Å². The van der Waals surface area contributed by atoms with Gasteiger partial charge in [0.1, 0.15) is 5.75 Å². The third-order valence-corrected chi connectivity index (χ3v) is 3.06. The number of nitrogens with zero attached hydrogens (tertiary/aromatic N) is 1. The average molecular weight is 256 g/mol. The smallest absolute Gasteiger partial charge is 0.139 e. The van der Waals surface area contributed by atoms with Crippen LogP contribution in [0.5, 0.6) is 5.75 Å². The van der Waals surface area contributed by atoms with Crippen LogP contribution in [0.4, 0.5) is 0 Å². The average Bonchev–Trinajstić information content (AvgIpc) is 2.29. The maximum absolute atomic E-state index is 6.17. The van der Waals surface area contributed by atoms with Gasteiger partial charge in [-0.2, -0.15) is 0 Å². The van der Waals surface area contributed by atoms with Crippen molar-refractivity contribution in [1.82, 2.24) is 4.98 Å². The van der Waals surface area contributed by atoms with Crippen LogP contribution in [0.3, 0.4) is 0 Å². The fraction of sp³-hybridized carbons (Fsp3) is 0.250. The van der Waals surface area contributed by atoms with Gasteiger partial charge in [0.15, 0.2) is 0 Å². The molecule has 2 aromatic rings. The summed E-state index contributed by atoms with van der Waals surface area (Å²) in [6.45, 7) is 2.04. The number of halogens is 2. The van der Waals surface area contributed by atoms with E-state index in [9.17, 15) is 0 Å². The van der Waals surface area contributed by atoms with Crippen LogP contribution in [0.25, 0.3) is 10.9 Å². The van der Waals surface area contributed by atoms with Gasteiger partial charge in [-0.05, 0) is 18.6 Å². The van der Waals surface area contributed by atoms with Gasteiger partial charge < -0.3 is 4.74 Å². The highest BCUT2D eigenvalue weighted by atomic mass is 35.5. The number of rotatable bonds is 2. The molecule has 0 aliphatic heterocycles. The second-order valence-electron chi connectivity index (χ2n) is 3.45. The number of pyridine rings is 1. The zero-order chi connectivity index (χ0) is 11.7. The first kappa shape index (κ1) is 11.5. The minimum Gasteiger partial charge on any atom is -0.495 e. The lowest BCUT2D eigenvalue weighted by Crippen LogP contribution is -1.91. The van der Waals surface area contributed by atoms with Crippen molar-refractivity contribution in [3.8, 4) is 5.75 Å². The van der Waals surface area contributed by atoms with Crippen molar-refractivity contribution in [2.24, 2.45) is 0 Å². The highest BCUT2D eigenvalue weighted by Gasteiger charge is 2.08. The zero-order valence-corrected chi connectivity index (χ0v) is 10.6. The minimum absolute atomic E-state index is 0.544. The fourth-order valence-electron chi connectivity index (χ4n) is 1.58. The van der Waals surface area contributed by atoms with E-state index >= 15 is 0 Å². The van der Waals surface area contributed by atoms with Crippen molar-refractivity contribution < 1.29 is 4.74 Å². The molecule has 2 nitrogen and oxygen atoms in total. The first-order valence-electron chi connectivity index (χ1n) is 4.98. The third kappa shape index (κ3) is 1.95. The Morgan fingerprint density at radius 2 is 1.94 bits per heavy atom. The monoisotopic (exact) mass is 255 g/mol. The van der Waals surface area contributed by atoms with Crippen molar-refractivity contribution >= 4 is 34.1 Å². The SMILES string of the molecule is CCc1cc(Cl)c2cc(Cl)c(OC)cc2n1. The molecule has 0 fully saturated rings. The Balaban J connectivity index is 2.75. The zero-order valence-electron chi connectivity index (χ0n) is 9.05. The molecular weight excluding hydrogens is 245 g/mol. The molecule has 0 aliphatic carbocycles. The van der Waals surface area contributed by atoms with Crippen LogP contribution in [-0.4, -0.2) is 12.1 Å². The Kier molecular flexibility index (Phi) is 3.22. The Hall–Kier alpha value is -0.990. The second-order valence-corrected chi connectivity index (χ2v) is 4.27. The van der Waals surface area contributed by atoms with Crippen molar-refractivity contribution in [3.63, 3.8) is 0 Å². The molecule has 0 radical (unpaired) electrons. The van der Waals surface area contributed by atoms with Crippen LogP contribution in [0.1, 0.15) is 12.6 Å². The molecule has 4 heteroatoms. The number of aromatic nitrogens is 1. The van der Waals surface area contributed by atoms with Gasteiger partial charge in [0.2, 0.25) is 0 Å². The van der Waals surface area contributed by atoms with E-state index in [1.807, 2.05) is 19.1 Å². The van der Waals surface area contributed by atoms with Crippen molar-refractivity contribution in [1.29, 1.82) is 0 Å². The molecule has 1 aromatic carbocycles. The second kappa shape index (κ2) is 4.48. The van der Waals surface area contributed by atoms with Gasteiger partial charge in [-0.25, -0.2) is 0 Å². The lowest BCUT2D eigenvalue weighted by Gasteiger charge is -2.07. The minimum atomic E-state index is 0.544. The molecule has 0 unspecified atom stereocenters. The number of hydrogen-bond acceptors (Lipinski definition) is 2. The summed E-state index contributed by atoms with van der Waals surface area (Å²) < 4.78 is 5.15. The van der Waals surface area contributed by atoms with Crippen molar-refractivity contribution in [2.45, 2.75) is 13.3 Å². The Morgan fingerprint density at radius 3 is 2.56 bits per heavy atom. The van der Waals surface area contributed by atoms with E-state index in [0.29, 0.717) is 15.8 Å². The van der Waals surface area contributed by atoms with Gasteiger partial charge in [0.25, 0.3) is 0 Å². The van der Waals surface area contributed by atoms with Gasteiger partial charge in [0, 0.05) is 17.1 Å². The van der Waals surface area contributed by atoms with E-state index in [-0.39, 0.29) is 0 Å². The summed E-state index contributed by atoms with van der Waals surface area (Å²) in [6, 6.07) is 5.46. The molecule has 1 heterocycles. The number of aryl methyl sites for hydroxylation is 1. The first-order valence-corrected chi connectivity index (χ1v) is 5.74.